The number of rotatable bonds is 3. The maximum absolute atomic E-state index is 13.5. The highest BCUT2D eigenvalue weighted by molar-refractivity contribution is 9.10. The number of hydrogen-bond donors (Lipinski definition) is 2. The summed E-state index contributed by atoms with van der Waals surface area (Å²) in [6, 6.07) is 4.45. The van der Waals surface area contributed by atoms with Gasteiger partial charge in [-0.25, -0.2) is 14.2 Å². The second-order valence-electron chi connectivity index (χ2n) is 3.34. The molecule has 0 saturated heterocycles. The van der Waals surface area contributed by atoms with Gasteiger partial charge in [0.2, 0.25) is 0 Å². The summed E-state index contributed by atoms with van der Waals surface area (Å²) < 4.78 is 14.1. The molecule has 1 aromatic heterocycles. The van der Waals surface area contributed by atoms with E-state index in [0.29, 0.717) is 4.47 Å². The van der Waals surface area contributed by atoms with Crippen molar-refractivity contribution in [3.05, 3.63) is 46.6 Å². The van der Waals surface area contributed by atoms with Crippen LogP contribution in [0.1, 0.15) is 10.5 Å². The molecule has 18 heavy (non-hydrogen) atoms. The number of nitrogens with zero attached hydrogens (tertiary/aromatic N) is 2. The van der Waals surface area contributed by atoms with E-state index < -0.39 is 11.8 Å². The van der Waals surface area contributed by atoms with E-state index in [1.807, 2.05) is 0 Å². The van der Waals surface area contributed by atoms with E-state index in [-0.39, 0.29) is 17.2 Å². The number of carbonyl (C=O) groups is 1. The van der Waals surface area contributed by atoms with Crippen molar-refractivity contribution >= 4 is 33.4 Å². The first-order valence-electron chi connectivity index (χ1n) is 4.83. The Balaban J connectivity index is 2.28. The van der Waals surface area contributed by atoms with Crippen LogP contribution >= 0.6 is 15.9 Å². The van der Waals surface area contributed by atoms with Crippen molar-refractivity contribution < 1.29 is 14.3 Å². The molecule has 1 heterocycles. The largest absolute Gasteiger partial charge is 0.476 e. The molecule has 92 valence electrons. The Kier molecular flexibility index (Phi) is 3.52. The second-order valence-corrected chi connectivity index (χ2v) is 4.26. The van der Waals surface area contributed by atoms with E-state index >= 15 is 0 Å². The van der Waals surface area contributed by atoms with Gasteiger partial charge in [0.25, 0.3) is 0 Å². The van der Waals surface area contributed by atoms with Gasteiger partial charge in [-0.15, -0.1) is 0 Å². The lowest BCUT2D eigenvalue weighted by atomic mass is 10.3. The second kappa shape index (κ2) is 5.09. The van der Waals surface area contributed by atoms with Crippen LogP contribution in [0.3, 0.4) is 0 Å². The highest BCUT2D eigenvalue weighted by Crippen LogP contribution is 2.22. The zero-order valence-electron chi connectivity index (χ0n) is 8.89. The monoisotopic (exact) mass is 311 g/mol. The van der Waals surface area contributed by atoms with E-state index in [1.165, 1.54) is 18.3 Å². The number of halogens is 2. The average molecular weight is 312 g/mol. The van der Waals surface area contributed by atoms with E-state index in [4.69, 9.17) is 5.11 Å². The number of benzene rings is 1. The van der Waals surface area contributed by atoms with Crippen molar-refractivity contribution in [3.63, 3.8) is 0 Å². The third-order valence-electron chi connectivity index (χ3n) is 2.05. The average Bonchev–Trinajstić information content (AvgIpc) is 2.33. The Morgan fingerprint density at radius 2 is 2.17 bits per heavy atom. The van der Waals surface area contributed by atoms with Gasteiger partial charge >= 0.3 is 5.97 Å². The molecule has 0 aliphatic rings. The van der Waals surface area contributed by atoms with Gasteiger partial charge in [0, 0.05) is 4.47 Å². The van der Waals surface area contributed by atoms with Crippen molar-refractivity contribution in [1.29, 1.82) is 0 Å². The fourth-order valence-corrected chi connectivity index (χ4v) is 1.59. The number of carboxylic acid groups (broad SMARTS) is 1. The van der Waals surface area contributed by atoms with E-state index in [0.717, 1.165) is 6.20 Å². The van der Waals surface area contributed by atoms with Crippen LogP contribution in [0.15, 0.2) is 35.1 Å². The van der Waals surface area contributed by atoms with Gasteiger partial charge in [0.1, 0.15) is 11.6 Å². The lowest BCUT2D eigenvalue weighted by Crippen LogP contribution is -2.04. The van der Waals surface area contributed by atoms with Crippen LogP contribution in [-0.2, 0) is 0 Å². The zero-order valence-corrected chi connectivity index (χ0v) is 10.5. The smallest absolute Gasteiger partial charge is 0.356 e. The van der Waals surface area contributed by atoms with Crippen molar-refractivity contribution in [3.8, 4) is 0 Å². The van der Waals surface area contributed by atoms with Crippen LogP contribution < -0.4 is 5.32 Å². The number of hydrogen-bond acceptors (Lipinski definition) is 4. The number of aromatic carboxylic acids is 1. The van der Waals surface area contributed by atoms with Gasteiger partial charge in [0.05, 0.1) is 18.1 Å². The van der Waals surface area contributed by atoms with Gasteiger partial charge in [-0.1, -0.05) is 15.9 Å². The number of carboxylic acids is 1. The van der Waals surface area contributed by atoms with Gasteiger partial charge in [-0.2, -0.15) is 0 Å². The molecule has 2 rings (SSSR count). The summed E-state index contributed by atoms with van der Waals surface area (Å²) in [4.78, 5) is 18.2. The number of nitrogens with one attached hydrogen (secondary N) is 1. The summed E-state index contributed by atoms with van der Waals surface area (Å²) in [6.45, 7) is 0. The first-order chi connectivity index (χ1) is 8.56. The molecule has 0 amide bonds. The van der Waals surface area contributed by atoms with Crippen LogP contribution in [0, 0.1) is 5.82 Å². The first-order valence-corrected chi connectivity index (χ1v) is 5.63. The van der Waals surface area contributed by atoms with Crippen LogP contribution in [0.4, 0.5) is 15.9 Å². The Labute approximate surface area is 110 Å². The SMILES string of the molecule is O=C(O)c1cncc(Nc2ccc(Br)cc2F)n1. The Hall–Kier alpha value is -2.02. The Morgan fingerprint density at radius 1 is 1.39 bits per heavy atom. The quantitative estimate of drug-likeness (QED) is 0.911. The Bertz CT molecular complexity index is 607. The molecule has 0 spiro atoms. The molecule has 2 N–H and O–H groups in total. The molecular formula is C11H7BrFN3O2. The molecule has 0 unspecified atom stereocenters. The molecule has 0 fully saturated rings. The molecule has 0 radical (unpaired) electrons. The van der Waals surface area contributed by atoms with Crippen LogP contribution in [0.25, 0.3) is 0 Å². The lowest BCUT2D eigenvalue weighted by molar-refractivity contribution is 0.0690. The minimum Gasteiger partial charge on any atom is -0.476 e. The highest BCUT2D eigenvalue weighted by Gasteiger charge is 2.08. The van der Waals surface area contributed by atoms with E-state index in [1.54, 1.807) is 6.07 Å². The molecule has 0 atom stereocenters. The van der Waals surface area contributed by atoms with E-state index in [9.17, 15) is 9.18 Å². The molecule has 2 aromatic rings. The number of aromatic nitrogens is 2. The highest BCUT2D eigenvalue weighted by atomic mass is 79.9. The van der Waals surface area contributed by atoms with Crippen LogP contribution in [0.2, 0.25) is 0 Å². The van der Waals surface area contributed by atoms with Gasteiger partial charge < -0.3 is 10.4 Å². The molecule has 0 aliphatic carbocycles. The first kappa shape index (κ1) is 12.4. The van der Waals surface area contributed by atoms with Gasteiger partial charge in [-0.05, 0) is 18.2 Å². The number of anilines is 2. The van der Waals surface area contributed by atoms with Crippen LogP contribution in [0.5, 0.6) is 0 Å². The zero-order chi connectivity index (χ0) is 13.1. The predicted octanol–water partition coefficient (Wildman–Crippen LogP) is 2.82. The summed E-state index contributed by atoms with van der Waals surface area (Å²) in [5.74, 6) is -1.51. The van der Waals surface area contributed by atoms with Gasteiger partial charge in [-0.3, -0.25) is 4.98 Å². The van der Waals surface area contributed by atoms with Crippen molar-refractivity contribution in [2.75, 3.05) is 5.32 Å². The molecule has 0 saturated carbocycles. The maximum Gasteiger partial charge on any atom is 0.356 e. The third kappa shape index (κ3) is 2.80. The van der Waals surface area contributed by atoms with E-state index in [2.05, 4.69) is 31.2 Å². The maximum atomic E-state index is 13.5. The fraction of sp³-hybridized carbons (Fsp3) is 0. The standard InChI is InChI=1S/C11H7BrFN3O2/c12-6-1-2-8(7(13)3-6)15-10-5-14-4-9(16-10)11(17)18/h1-5H,(H,15,16)(H,17,18). The molecule has 5 nitrogen and oxygen atoms in total. The lowest BCUT2D eigenvalue weighted by Gasteiger charge is -2.06. The normalized spacial score (nSPS) is 10.1. The molecule has 7 heteroatoms. The third-order valence-corrected chi connectivity index (χ3v) is 2.54. The summed E-state index contributed by atoms with van der Waals surface area (Å²) in [5, 5.41) is 11.4. The van der Waals surface area contributed by atoms with Crippen molar-refractivity contribution in [2.45, 2.75) is 0 Å². The predicted molar refractivity (Wildman–Crippen MR) is 66.4 cm³/mol. The minimum atomic E-state index is -1.19. The summed E-state index contributed by atoms with van der Waals surface area (Å²) >= 11 is 3.14. The summed E-state index contributed by atoms with van der Waals surface area (Å²) in [6.07, 6.45) is 2.43. The molecular weight excluding hydrogens is 305 g/mol. The molecule has 0 aliphatic heterocycles. The summed E-state index contributed by atoms with van der Waals surface area (Å²) in [7, 11) is 0. The van der Waals surface area contributed by atoms with Crippen molar-refractivity contribution in [1.82, 2.24) is 9.97 Å². The Morgan fingerprint density at radius 3 is 2.83 bits per heavy atom. The molecule has 0 bridgehead atoms. The van der Waals surface area contributed by atoms with Crippen molar-refractivity contribution in [2.24, 2.45) is 0 Å². The molecule has 1 aromatic carbocycles. The summed E-state index contributed by atoms with van der Waals surface area (Å²) in [5.41, 5.74) is -0.0208. The van der Waals surface area contributed by atoms with Gasteiger partial charge in [0.15, 0.2) is 5.69 Å². The minimum absolute atomic E-state index is 0.163. The fourth-order valence-electron chi connectivity index (χ4n) is 1.26. The topological polar surface area (TPSA) is 75.1 Å². The van der Waals surface area contributed by atoms with Crippen LogP contribution in [-0.4, -0.2) is 21.0 Å².